The van der Waals surface area contributed by atoms with E-state index in [2.05, 4.69) is 15.7 Å². The number of nitrogens with one attached hydrogen (secondary N) is 2. The zero-order chi connectivity index (χ0) is 13.1. The SMILES string of the molecule is CCOCCCNC(=NCC1CCOCC1)NN. The average molecular weight is 258 g/mol. The van der Waals surface area contributed by atoms with Crippen molar-refractivity contribution in [2.24, 2.45) is 16.8 Å². The Kier molecular flexibility index (Phi) is 8.54. The summed E-state index contributed by atoms with van der Waals surface area (Å²) in [6, 6.07) is 0. The molecule has 0 aromatic heterocycles. The third-order valence-electron chi connectivity index (χ3n) is 2.95. The highest BCUT2D eigenvalue weighted by molar-refractivity contribution is 5.79. The van der Waals surface area contributed by atoms with Gasteiger partial charge in [-0.3, -0.25) is 10.4 Å². The second-order valence-corrected chi connectivity index (χ2v) is 4.37. The van der Waals surface area contributed by atoms with E-state index in [-0.39, 0.29) is 0 Å². The van der Waals surface area contributed by atoms with Crippen LogP contribution in [0.3, 0.4) is 0 Å². The van der Waals surface area contributed by atoms with Crippen molar-refractivity contribution in [3.05, 3.63) is 0 Å². The normalized spacial score (nSPS) is 17.8. The van der Waals surface area contributed by atoms with Crippen LogP contribution in [-0.4, -0.2) is 45.5 Å². The van der Waals surface area contributed by atoms with Gasteiger partial charge in [0.15, 0.2) is 0 Å². The van der Waals surface area contributed by atoms with Gasteiger partial charge in [0, 0.05) is 39.5 Å². The first-order chi connectivity index (χ1) is 8.86. The fraction of sp³-hybridized carbons (Fsp3) is 0.917. The topological polar surface area (TPSA) is 80.9 Å². The lowest BCUT2D eigenvalue weighted by Gasteiger charge is -2.20. The zero-order valence-corrected chi connectivity index (χ0v) is 11.3. The van der Waals surface area contributed by atoms with Gasteiger partial charge in [-0.25, -0.2) is 5.84 Å². The molecule has 0 saturated carbocycles. The summed E-state index contributed by atoms with van der Waals surface area (Å²) in [6.07, 6.45) is 3.13. The van der Waals surface area contributed by atoms with Crippen molar-refractivity contribution in [3.63, 3.8) is 0 Å². The average Bonchev–Trinajstić information content (AvgIpc) is 2.43. The fourth-order valence-electron chi connectivity index (χ4n) is 1.83. The number of aliphatic imine (C=N–C) groups is 1. The largest absolute Gasteiger partial charge is 0.382 e. The van der Waals surface area contributed by atoms with E-state index in [9.17, 15) is 0 Å². The Morgan fingerprint density at radius 3 is 2.89 bits per heavy atom. The first kappa shape index (κ1) is 15.2. The van der Waals surface area contributed by atoms with Crippen molar-refractivity contribution < 1.29 is 9.47 Å². The molecule has 1 fully saturated rings. The molecule has 0 radical (unpaired) electrons. The zero-order valence-electron chi connectivity index (χ0n) is 11.3. The van der Waals surface area contributed by atoms with E-state index >= 15 is 0 Å². The van der Waals surface area contributed by atoms with Crippen molar-refractivity contribution in [3.8, 4) is 0 Å². The van der Waals surface area contributed by atoms with Crippen LogP contribution in [0, 0.1) is 5.92 Å². The summed E-state index contributed by atoms with van der Waals surface area (Å²) >= 11 is 0. The van der Waals surface area contributed by atoms with Crippen LogP contribution < -0.4 is 16.6 Å². The van der Waals surface area contributed by atoms with Crippen molar-refractivity contribution in [1.29, 1.82) is 0 Å². The third kappa shape index (κ3) is 6.78. The Labute approximate surface area is 109 Å². The van der Waals surface area contributed by atoms with Crippen molar-refractivity contribution >= 4 is 5.96 Å². The van der Waals surface area contributed by atoms with Crippen LogP contribution in [0.2, 0.25) is 0 Å². The number of guanidine groups is 1. The van der Waals surface area contributed by atoms with Crippen LogP contribution in [0.25, 0.3) is 0 Å². The quantitative estimate of drug-likeness (QED) is 0.200. The van der Waals surface area contributed by atoms with Gasteiger partial charge in [-0.1, -0.05) is 0 Å². The molecule has 6 heteroatoms. The fourth-order valence-corrected chi connectivity index (χ4v) is 1.83. The van der Waals surface area contributed by atoms with Gasteiger partial charge in [-0.15, -0.1) is 0 Å². The van der Waals surface area contributed by atoms with E-state index in [0.29, 0.717) is 11.9 Å². The highest BCUT2D eigenvalue weighted by atomic mass is 16.5. The highest BCUT2D eigenvalue weighted by Gasteiger charge is 2.13. The Morgan fingerprint density at radius 2 is 2.22 bits per heavy atom. The second-order valence-electron chi connectivity index (χ2n) is 4.37. The minimum absolute atomic E-state index is 0.618. The molecule has 1 aliphatic rings. The second kappa shape index (κ2) is 10.1. The minimum atomic E-state index is 0.618. The van der Waals surface area contributed by atoms with Crippen molar-refractivity contribution in [2.75, 3.05) is 39.5 Å². The summed E-state index contributed by atoms with van der Waals surface area (Å²) in [5, 5.41) is 3.17. The molecule has 0 bridgehead atoms. The molecule has 1 rings (SSSR count). The highest BCUT2D eigenvalue weighted by Crippen LogP contribution is 2.14. The molecule has 18 heavy (non-hydrogen) atoms. The summed E-state index contributed by atoms with van der Waals surface area (Å²) in [7, 11) is 0. The van der Waals surface area contributed by atoms with Gasteiger partial charge in [-0.2, -0.15) is 0 Å². The molecule has 0 amide bonds. The molecule has 0 spiro atoms. The molecule has 0 aromatic carbocycles. The van der Waals surface area contributed by atoms with Gasteiger partial charge >= 0.3 is 0 Å². The molecule has 0 aromatic rings. The molecule has 4 N–H and O–H groups in total. The van der Waals surface area contributed by atoms with Gasteiger partial charge in [0.2, 0.25) is 5.96 Å². The molecular formula is C12H26N4O2. The van der Waals surface area contributed by atoms with E-state index in [4.69, 9.17) is 15.3 Å². The van der Waals surface area contributed by atoms with Gasteiger partial charge in [0.25, 0.3) is 0 Å². The molecule has 0 unspecified atom stereocenters. The number of hydrazine groups is 1. The Balaban J connectivity index is 2.13. The first-order valence-corrected chi connectivity index (χ1v) is 6.77. The maximum absolute atomic E-state index is 5.43. The summed E-state index contributed by atoms with van der Waals surface area (Å²) in [6.45, 7) is 6.86. The van der Waals surface area contributed by atoms with Gasteiger partial charge < -0.3 is 14.8 Å². The molecule has 1 heterocycles. The van der Waals surface area contributed by atoms with Gasteiger partial charge in [0.1, 0.15) is 0 Å². The first-order valence-electron chi connectivity index (χ1n) is 6.77. The summed E-state index contributed by atoms with van der Waals surface area (Å²) in [5.74, 6) is 6.71. The van der Waals surface area contributed by atoms with Gasteiger partial charge in [0.05, 0.1) is 0 Å². The van der Waals surface area contributed by atoms with E-state index in [1.165, 1.54) is 0 Å². The molecule has 0 atom stereocenters. The molecule has 106 valence electrons. The lowest BCUT2D eigenvalue weighted by Crippen LogP contribution is -2.42. The minimum Gasteiger partial charge on any atom is -0.382 e. The van der Waals surface area contributed by atoms with E-state index < -0.39 is 0 Å². The van der Waals surface area contributed by atoms with Crippen molar-refractivity contribution in [1.82, 2.24) is 10.7 Å². The lowest BCUT2D eigenvalue weighted by molar-refractivity contribution is 0.0689. The third-order valence-corrected chi connectivity index (χ3v) is 2.95. The van der Waals surface area contributed by atoms with Gasteiger partial charge in [-0.05, 0) is 32.1 Å². The van der Waals surface area contributed by atoms with Crippen LogP contribution >= 0.6 is 0 Å². The summed E-state index contributed by atoms with van der Waals surface area (Å²) in [5.41, 5.74) is 2.60. The van der Waals surface area contributed by atoms with Crippen LogP contribution in [0.5, 0.6) is 0 Å². The predicted molar refractivity (Wildman–Crippen MR) is 72.3 cm³/mol. The number of nitrogens with zero attached hydrogens (tertiary/aromatic N) is 1. The van der Waals surface area contributed by atoms with E-state index in [1.807, 2.05) is 6.92 Å². The van der Waals surface area contributed by atoms with Crippen LogP contribution in [0.4, 0.5) is 0 Å². The van der Waals surface area contributed by atoms with E-state index in [1.54, 1.807) is 0 Å². The Bertz CT molecular complexity index is 230. The molecule has 0 aliphatic carbocycles. The number of hydrogen-bond donors (Lipinski definition) is 3. The number of rotatable bonds is 7. The predicted octanol–water partition coefficient (Wildman–Crippen LogP) is 0.249. The Morgan fingerprint density at radius 1 is 1.44 bits per heavy atom. The van der Waals surface area contributed by atoms with Crippen LogP contribution in [0.1, 0.15) is 26.2 Å². The molecular weight excluding hydrogens is 232 g/mol. The molecule has 1 aliphatic heterocycles. The molecule has 6 nitrogen and oxygen atoms in total. The van der Waals surface area contributed by atoms with Crippen LogP contribution in [-0.2, 0) is 9.47 Å². The number of nitrogens with two attached hydrogens (primary N) is 1. The smallest absolute Gasteiger partial charge is 0.205 e. The number of hydrogen-bond acceptors (Lipinski definition) is 4. The Hall–Kier alpha value is -0.850. The maximum atomic E-state index is 5.43. The monoisotopic (exact) mass is 258 g/mol. The van der Waals surface area contributed by atoms with Crippen LogP contribution in [0.15, 0.2) is 4.99 Å². The summed E-state index contributed by atoms with van der Waals surface area (Å²) < 4.78 is 10.6. The molecule has 1 saturated heterocycles. The summed E-state index contributed by atoms with van der Waals surface area (Å²) in [4.78, 5) is 4.46. The van der Waals surface area contributed by atoms with E-state index in [0.717, 1.165) is 58.8 Å². The lowest BCUT2D eigenvalue weighted by atomic mass is 10.0. The standard InChI is InChI=1S/C12H26N4O2/c1-2-17-7-3-6-14-12(16-13)15-10-11-4-8-18-9-5-11/h11H,2-10,13H2,1H3,(H2,14,15,16). The number of ether oxygens (including phenoxy) is 2. The maximum Gasteiger partial charge on any atom is 0.205 e. The van der Waals surface area contributed by atoms with Crippen molar-refractivity contribution in [2.45, 2.75) is 26.2 Å².